The van der Waals surface area contributed by atoms with Crippen molar-refractivity contribution >= 4 is 6.09 Å². The molecular weight excluding hydrogens is 326 g/mol. The normalized spacial score (nSPS) is 13.3. The topological polar surface area (TPSA) is 79.3 Å². The van der Waals surface area contributed by atoms with E-state index in [0.717, 1.165) is 27.8 Å². The van der Waals surface area contributed by atoms with Gasteiger partial charge in [0.05, 0.1) is 18.2 Å². The van der Waals surface area contributed by atoms with Crippen LogP contribution in [0.5, 0.6) is 0 Å². The first-order valence-corrected chi connectivity index (χ1v) is 8.64. The largest absolute Gasteiger partial charge is 0.444 e. The molecule has 134 valence electrons. The molecule has 2 N–H and O–H groups in total. The van der Waals surface area contributed by atoms with E-state index >= 15 is 0 Å². The Morgan fingerprint density at radius 3 is 2.50 bits per heavy atom. The third kappa shape index (κ3) is 3.71. The highest BCUT2D eigenvalue weighted by molar-refractivity contribution is 5.75. The highest BCUT2D eigenvalue weighted by Crippen LogP contribution is 2.35. The quantitative estimate of drug-likeness (QED) is 0.891. The van der Waals surface area contributed by atoms with Crippen LogP contribution in [0, 0.1) is 11.3 Å². The van der Waals surface area contributed by atoms with Crippen molar-refractivity contribution in [2.45, 2.75) is 46.0 Å². The van der Waals surface area contributed by atoms with Gasteiger partial charge in [0, 0.05) is 13.1 Å². The van der Waals surface area contributed by atoms with E-state index in [1.165, 1.54) is 0 Å². The van der Waals surface area contributed by atoms with E-state index in [9.17, 15) is 4.79 Å². The Morgan fingerprint density at radius 1 is 1.23 bits per heavy atom. The fourth-order valence-electron chi connectivity index (χ4n) is 3.13. The molecule has 3 rings (SSSR count). The van der Waals surface area contributed by atoms with Crippen LogP contribution in [0.2, 0.25) is 0 Å². The Hall–Kier alpha value is -2.84. The number of ether oxygens (including phenoxy) is 1. The molecule has 1 heterocycles. The molecule has 0 atom stereocenters. The molecule has 5 nitrogen and oxygen atoms in total. The molecule has 0 radical (unpaired) electrons. The second kappa shape index (κ2) is 6.81. The molecule has 0 fully saturated rings. The molecular formula is C21H23N3O2. The van der Waals surface area contributed by atoms with E-state index in [0.29, 0.717) is 25.2 Å². The molecule has 0 saturated carbocycles. The summed E-state index contributed by atoms with van der Waals surface area (Å²) in [5.41, 5.74) is 11.3. The maximum Gasteiger partial charge on any atom is 0.410 e. The molecule has 0 spiro atoms. The van der Waals surface area contributed by atoms with Crippen molar-refractivity contribution in [1.29, 1.82) is 5.26 Å². The van der Waals surface area contributed by atoms with Gasteiger partial charge >= 0.3 is 6.09 Å². The Bertz CT molecular complexity index is 874. The molecule has 1 amide bonds. The van der Waals surface area contributed by atoms with E-state index in [4.69, 9.17) is 15.7 Å². The number of carbonyl (C=O) groups excluding carboxylic acids is 1. The van der Waals surface area contributed by atoms with Crippen molar-refractivity contribution in [3.05, 3.63) is 58.7 Å². The molecule has 2 aromatic rings. The Morgan fingerprint density at radius 2 is 1.92 bits per heavy atom. The van der Waals surface area contributed by atoms with Crippen LogP contribution in [0.3, 0.4) is 0 Å². The van der Waals surface area contributed by atoms with E-state index in [1.807, 2.05) is 32.9 Å². The lowest BCUT2D eigenvalue weighted by Crippen LogP contribution is -2.33. The minimum atomic E-state index is -0.524. The van der Waals surface area contributed by atoms with Crippen molar-refractivity contribution in [1.82, 2.24) is 4.90 Å². The SMILES string of the molecule is CC(C)(C)OC(=O)N1Cc2cc(CN)cc(-c3ccc(C#N)cc3)c2C1. The lowest BCUT2D eigenvalue weighted by atomic mass is 9.94. The van der Waals surface area contributed by atoms with E-state index < -0.39 is 5.60 Å². The Balaban J connectivity index is 1.96. The molecule has 1 aliphatic rings. The third-order valence-electron chi connectivity index (χ3n) is 4.32. The smallest absolute Gasteiger partial charge is 0.410 e. The number of nitriles is 1. The van der Waals surface area contributed by atoms with Gasteiger partial charge in [-0.05, 0) is 66.8 Å². The van der Waals surface area contributed by atoms with Crippen LogP contribution in [-0.2, 0) is 24.4 Å². The second-order valence-electron chi connectivity index (χ2n) is 7.51. The molecule has 1 aliphatic heterocycles. The molecule has 2 aromatic carbocycles. The summed E-state index contributed by atoms with van der Waals surface area (Å²) in [5, 5.41) is 9.00. The van der Waals surface area contributed by atoms with Crippen LogP contribution >= 0.6 is 0 Å². The van der Waals surface area contributed by atoms with Crippen LogP contribution in [0.15, 0.2) is 36.4 Å². The summed E-state index contributed by atoms with van der Waals surface area (Å²) in [5.74, 6) is 0. The van der Waals surface area contributed by atoms with Crippen molar-refractivity contribution in [3.8, 4) is 17.2 Å². The average Bonchev–Trinajstić information content (AvgIpc) is 3.03. The number of benzene rings is 2. The van der Waals surface area contributed by atoms with Gasteiger partial charge in [-0.1, -0.05) is 18.2 Å². The van der Waals surface area contributed by atoms with Gasteiger partial charge in [-0.3, -0.25) is 4.90 Å². The van der Waals surface area contributed by atoms with Gasteiger partial charge in [0.15, 0.2) is 0 Å². The predicted molar refractivity (Wildman–Crippen MR) is 100.0 cm³/mol. The number of hydrogen-bond donors (Lipinski definition) is 1. The number of nitrogens with zero attached hydrogens (tertiary/aromatic N) is 2. The average molecular weight is 349 g/mol. The first kappa shape index (κ1) is 18.0. The molecule has 0 aromatic heterocycles. The minimum Gasteiger partial charge on any atom is -0.444 e. The van der Waals surface area contributed by atoms with Crippen molar-refractivity contribution in [3.63, 3.8) is 0 Å². The van der Waals surface area contributed by atoms with Crippen LogP contribution in [0.1, 0.15) is 43.0 Å². The summed E-state index contributed by atoms with van der Waals surface area (Å²) >= 11 is 0. The Kier molecular flexibility index (Phi) is 4.71. The summed E-state index contributed by atoms with van der Waals surface area (Å²) in [4.78, 5) is 14.2. The number of amides is 1. The van der Waals surface area contributed by atoms with Gasteiger partial charge in [-0.2, -0.15) is 5.26 Å². The van der Waals surface area contributed by atoms with Crippen molar-refractivity contribution in [2.75, 3.05) is 0 Å². The van der Waals surface area contributed by atoms with Crippen LogP contribution in [-0.4, -0.2) is 16.6 Å². The molecule has 5 heteroatoms. The standard InChI is InChI=1S/C21H23N3O2/c1-21(2,3)26-20(25)24-12-17-8-15(11-23)9-18(19(17)13-24)16-6-4-14(10-22)5-7-16/h4-9H,11-13,23H2,1-3H3. The van der Waals surface area contributed by atoms with Gasteiger partial charge in [0.2, 0.25) is 0 Å². The van der Waals surface area contributed by atoms with E-state index in [-0.39, 0.29) is 6.09 Å². The number of fused-ring (bicyclic) bond motifs is 1. The zero-order valence-corrected chi connectivity index (χ0v) is 15.4. The summed E-state index contributed by atoms with van der Waals surface area (Å²) in [6, 6.07) is 13.7. The number of carbonyl (C=O) groups is 1. The highest BCUT2D eigenvalue weighted by atomic mass is 16.6. The van der Waals surface area contributed by atoms with Crippen molar-refractivity contribution in [2.24, 2.45) is 5.73 Å². The van der Waals surface area contributed by atoms with Gasteiger partial charge < -0.3 is 10.5 Å². The molecule has 0 bridgehead atoms. The lowest BCUT2D eigenvalue weighted by Gasteiger charge is -2.24. The second-order valence-corrected chi connectivity index (χ2v) is 7.51. The molecule has 26 heavy (non-hydrogen) atoms. The van der Waals surface area contributed by atoms with Crippen molar-refractivity contribution < 1.29 is 9.53 Å². The summed E-state index contributed by atoms with van der Waals surface area (Å²) in [7, 11) is 0. The van der Waals surface area contributed by atoms with Crippen LogP contribution < -0.4 is 5.73 Å². The van der Waals surface area contributed by atoms with E-state index in [2.05, 4.69) is 18.2 Å². The van der Waals surface area contributed by atoms with Gasteiger partial charge in [-0.25, -0.2) is 4.79 Å². The third-order valence-corrected chi connectivity index (χ3v) is 4.32. The maximum atomic E-state index is 12.5. The van der Waals surface area contributed by atoms with Crippen LogP contribution in [0.4, 0.5) is 4.79 Å². The van der Waals surface area contributed by atoms with Crippen LogP contribution in [0.25, 0.3) is 11.1 Å². The molecule has 0 saturated heterocycles. The summed E-state index contributed by atoms with van der Waals surface area (Å²) in [6.07, 6.45) is -0.311. The first-order valence-electron chi connectivity index (χ1n) is 8.64. The number of hydrogen-bond acceptors (Lipinski definition) is 4. The number of nitrogens with two attached hydrogens (primary N) is 1. The zero-order chi connectivity index (χ0) is 18.9. The minimum absolute atomic E-state index is 0.311. The van der Waals surface area contributed by atoms with Gasteiger partial charge in [-0.15, -0.1) is 0 Å². The predicted octanol–water partition coefficient (Wildman–Crippen LogP) is 3.93. The fraction of sp³-hybridized carbons (Fsp3) is 0.333. The first-order chi connectivity index (χ1) is 12.3. The monoisotopic (exact) mass is 349 g/mol. The summed E-state index contributed by atoms with van der Waals surface area (Å²) in [6.45, 7) is 7.04. The number of rotatable bonds is 2. The summed E-state index contributed by atoms with van der Waals surface area (Å²) < 4.78 is 5.51. The fourth-order valence-corrected chi connectivity index (χ4v) is 3.13. The highest BCUT2D eigenvalue weighted by Gasteiger charge is 2.29. The lowest BCUT2D eigenvalue weighted by molar-refractivity contribution is 0.0242. The van der Waals surface area contributed by atoms with Gasteiger partial charge in [0.1, 0.15) is 5.60 Å². The maximum absolute atomic E-state index is 12.5. The van der Waals surface area contributed by atoms with Gasteiger partial charge in [0.25, 0.3) is 0 Å². The zero-order valence-electron chi connectivity index (χ0n) is 15.4. The van der Waals surface area contributed by atoms with E-state index in [1.54, 1.807) is 17.0 Å². The molecule has 0 unspecified atom stereocenters. The Labute approximate surface area is 154 Å². The molecule has 0 aliphatic carbocycles.